The Bertz CT molecular complexity index is 684. The summed E-state index contributed by atoms with van der Waals surface area (Å²) in [7, 11) is -2.06. The lowest BCUT2D eigenvalue weighted by molar-refractivity contribution is 0.343. The van der Waals surface area contributed by atoms with Gasteiger partial charge in [0.1, 0.15) is 18.1 Å². The Kier molecular flexibility index (Phi) is 4.03. The van der Waals surface area contributed by atoms with Crippen molar-refractivity contribution in [2.75, 3.05) is 22.8 Å². The molecule has 0 radical (unpaired) electrons. The van der Waals surface area contributed by atoms with Gasteiger partial charge in [0.15, 0.2) is 0 Å². The van der Waals surface area contributed by atoms with Gasteiger partial charge in [0.2, 0.25) is 10.0 Å². The molecule has 0 fully saturated rings. The Balaban J connectivity index is 1.88. The zero-order valence-electron chi connectivity index (χ0n) is 10.7. The molecule has 2 aromatic rings. The highest BCUT2D eigenvalue weighted by atomic mass is 32.2. The molecule has 1 aromatic heterocycles. The van der Waals surface area contributed by atoms with Gasteiger partial charge < -0.3 is 10.5 Å². The number of aromatic nitrogens is 4. The topological polar surface area (TPSA) is 125 Å². The first kappa shape index (κ1) is 14.1. The SMILES string of the molecule is Cn1nnc(NS(=O)(=O)CCOc2ccccc2N)n1. The van der Waals surface area contributed by atoms with Gasteiger partial charge in [0, 0.05) is 0 Å². The molecule has 1 heterocycles. The number of benzene rings is 1. The van der Waals surface area contributed by atoms with E-state index >= 15 is 0 Å². The van der Waals surface area contributed by atoms with Gasteiger partial charge in [-0.05, 0) is 17.3 Å². The van der Waals surface area contributed by atoms with Crippen LogP contribution in [0, 0.1) is 0 Å². The van der Waals surface area contributed by atoms with Crippen molar-refractivity contribution in [1.82, 2.24) is 20.2 Å². The number of aryl methyl sites for hydroxylation is 1. The molecule has 0 saturated heterocycles. The monoisotopic (exact) mass is 298 g/mol. The number of hydrogen-bond donors (Lipinski definition) is 2. The second kappa shape index (κ2) is 5.74. The summed E-state index contributed by atoms with van der Waals surface area (Å²) >= 11 is 0. The largest absolute Gasteiger partial charge is 0.490 e. The molecule has 0 aliphatic heterocycles. The molecule has 0 aliphatic carbocycles. The maximum atomic E-state index is 11.7. The number of hydrogen-bond acceptors (Lipinski definition) is 7. The molecule has 0 spiro atoms. The summed E-state index contributed by atoms with van der Waals surface area (Å²) < 4.78 is 31.0. The van der Waals surface area contributed by atoms with Crippen molar-refractivity contribution in [2.24, 2.45) is 7.05 Å². The number of anilines is 2. The van der Waals surface area contributed by atoms with E-state index in [1.54, 1.807) is 24.3 Å². The predicted octanol–water partition coefficient (Wildman–Crippen LogP) is -0.387. The number of ether oxygens (including phenoxy) is 1. The highest BCUT2D eigenvalue weighted by Crippen LogP contribution is 2.19. The number of sulfonamides is 1. The van der Waals surface area contributed by atoms with Crippen LogP contribution >= 0.6 is 0 Å². The number of para-hydroxylation sites is 2. The van der Waals surface area contributed by atoms with Crippen LogP contribution in [0.5, 0.6) is 5.75 Å². The van der Waals surface area contributed by atoms with Crippen LogP contribution in [0.3, 0.4) is 0 Å². The Morgan fingerprint density at radius 1 is 1.40 bits per heavy atom. The first-order chi connectivity index (χ1) is 9.46. The first-order valence-corrected chi connectivity index (χ1v) is 7.33. The molecule has 0 aliphatic rings. The minimum atomic E-state index is -3.60. The molecule has 0 bridgehead atoms. The van der Waals surface area contributed by atoms with Crippen LogP contribution in [0.25, 0.3) is 0 Å². The number of rotatable bonds is 6. The number of nitrogens with two attached hydrogens (primary N) is 1. The second-order valence-corrected chi connectivity index (χ2v) is 5.75. The molecular formula is C10H14N6O3S. The lowest BCUT2D eigenvalue weighted by Gasteiger charge is -2.08. The van der Waals surface area contributed by atoms with Gasteiger partial charge in [-0.25, -0.2) is 13.1 Å². The maximum absolute atomic E-state index is 11.7. The molecular weight excluding hydrogens is 284 g/mol. The van der Waals surface area contributed by atoms with Crippen molar-refractivity contribution in [3.05, 3.63) is 24.3 Å². The van der Waals surface area contributed by atoms with E-state index in [1.165, 1.54) is 7.05 Å². The lowest BCUT2D eigenvalue weighted by Crippen LogP contribution is -2.22. The van der Waals surface area contributed by atoms with E-state index in [-0.39, 0.29) is 18.3 Å². The van der Waals surface area contributed by atoms with E-state index < -0.39 is 10.0 Å². The molecule has 1 aromatic carbocycles. The summed E-state index contributed by atoms with van der Waals surface area (Å²) in [4.78, 5) is 1.15. The van der Waals surface area contributed by atoms with Gasteiger partial charge in [0.05, 0.1) is 12.7 Å². The average Bonchev–Trinajstić information content (AvgIpc) is 2.76. The van der Waals surface area contributed by atoms with Crippen molar-refractivity contribution in [2.45, 2.75) is 0 Å². The minimum Gasteiger partial charge on any atom is -0.490 e. The highest BCUT2D eigenvalue weighted by Gasteiger charge is 2.14. The fourth-order valence-electron chi connectivity index (χ4n) is 1.39. The maximum Gasteiger partial charge on any atom is 0.276 e. The fraction of sp³-hybridized carbons (Fsp3) is 0.300. The van der Waals surface area contributed by atoms with Crippen LogP contribution in [0.2, 0.25) is 0 Å². The minimum absolute atomic E-state index is 0.0379. The summed E-state index contributed by atoms with van der Waals surface area (Å²) in [6.07, 6.45) is 0. The van der Waals surface area contributed by atoms with E-state index in [1.807, 2.05) is 0 Å². The molecule has 0 unspecified atom stereocenters. The molecule has 10 heteroatoms. The van der Waals surface area contributed by atoms with Crippen LogP contribution in [0.15, 0.2) is 24.3 Å². The number of nitrogens with one attached hydrogen (secondary N) is 1. The van der Waals surface area contributed by atoms with Gasteiger partial charge in [-0.2, -0.15) is 4.80 Å². The van der Waals surface area contributed by atoms with Crippen molar-refractivity contribution >= 4 is 21.7 Å². The molecule has 108 valence electrons. The third kappa shape index (κ3) is 3.82. The van der Waals surface area contributed by atoms with Crippen molar-refractivity contribution in [3.63, 3.8) is 0 Å². The number of tetrazole rings is 1. The highest BCUT2D eigenvalue weighted by molar-refractivity contribution is 7.92. The van der Waals surface area contributed by atoms with Crippen molar-refractivity contribution in [3.8, 4) is 5.75 Å². The molecule has 3 N–H and O–H groups in total. The first-order valence-electron chi connectivity index (χ1n) is 5.68. The summed E-state index contributed by atoms with van der Waals surface area (Å²) in [5.41, 5.74) is 6.13. The van der Waals surface area contributed by atoms with E-state index in [0.29, 0.717) is 11.4 Å². The smallest absolute Gasteiger partial charge is 0.276 e. The van der Waals surface area contributed by atoms with Gasteiger partial charge >= 0.3 is 0 Å². The summed E-state index contributed by atoms with van der Waals surface area (Å²) in [6.45, 7) is -0.0379. The third-order valence-electron chi connectivity index (χ3n) is 2.28. The zero-order valence-corrected chi connectivity index (χ0v) is 11.5. The van der Waals surface area contributed by atoms with Crippen LogP contribution in [0.1, 0.15) is 0 Å². The second-order valence-electron chi connectivity index (χ2n) is 3.91. The standard InChI is InChI=1S/C10H14N6O3S/c1-16-13-10(12-15-16)14-20(17,18)7-6-19-9-5-3-2-4-8(9)11/h2-5H,6-7,11H2,1H3,(H,13,14). The Morgan fingerprint density at radius 3 is 2.80 bits per heavy atom. The molecule has 0 saturated carbocycles. The normalized spacial score (nSPS) is 11.2. The molecule has 2 rings (SSSR count). The Hall–Kier alpha value is -2.36. The average molecular weight is 298 g/mol. The zero-order chi connectivity index (χ0) is 14.6. The Labute approximate surface area is 115 Å². The van der Waals surface area contributed by atoms with E-state index in [9.17, 15) is 8.42 Å². The van der Waals surface area contributed by atoms with Crippen LogP contribution in [-0.4, -0.2) is 41.0 Å². The number of nitrogens with zero attached hydrogens (tertiary/aromatic N) is 4. The van der Waals surface area contributed by atoms with Crippen molar-refractivity contribution in [1.29, 1.82) is 0 Å². The summed E-state index contributed by atoms with van der Waals surface area (Å²) in [5.74, 6) is 0.117. The number of nitrogen functional groups attached to an aromatic ring is 1. The quantitative estimate of drug-likeness (QED) is 0.696. The molecule has 0 amide bonds. The van der Waals surface area contributed by atoms with Gasteiger partial charge in [-0.15, -0.1) is 5.10 Å². The summed E-state index contributed by atoms with van der Waals surface area (Å²) in [6, 6.07) is 6.85. The predicted molar refractivity (Wildman–Crippen MR) is 72.6 cm³/mol. The molecule has 20 heavy (non-hydrogen) atoms. The van der Waals surface area contributed by atoms with Crippen molar-refractivity contribution < 1.29 is 13.2 Å². The van der Waals surface area contributed by atoms with Crippen LogP contribution in [-0.2, 0) is 17.1 Å². The van der Waals surface area contributed by atoms with Gasteiger partial charge in [-0.3, -0.25) is 0 Å². The van der Waals surface area contributed by atoms with Crippen LogP contribution < -0.4 is 15.2 Å². The van der Waals surface area contributed by atoms with E-state index in [4.69, 9.17) is 10.5 Å². The Morgan fingerprint density at radius 2 is 2.15 bits per heavy atom. The third-order valence-corrected chi connectivity index (χ3v) is 3.48. The van der Waals surface area contributed by atoms with Gasteiger partial charge in [0.25, 0.3) is 5.95 Å². The van der Waals surface area contributed by atoms with Crippen LogP contribution in [0.4, 0.5) is 11.6 Å². The van der Waals surface area contributed by atoms with E-state index in [2.05, 4.69) is 20.1 Å². The van der Waals surface area contributed by atoms with Gasteiger partial charge in [-0.1, -0.05) is 17.2 Å². The lowest BCUT2D eigenvalue weighted by atomic mass is 10.3. The molecule has 9 nitrogen and oxygen atoms in total. The summed E-state index contributed by atoms with van der Waals surface area (Å²) in [5, 5.41) is 10.8. The fourth-order valence-corrected chi connectivity index (χ4v) is 2.15. The van der Waals surface area contributed by atoms with E-state index in [0.717, 1.165) is 4.80 Å². The molecule has 0 atom stereocenters.